The van der Waals surface area contributed by atoms with Crippen molar-refractivity contribution >= 4 is 23.2 Å². The lowest BCUT2D eigenvalue weighted by Gasteiger charge is -2.28. The van der Waals surface area contributed by atoms with E-state index < -0.39 is 18.1 Å². The van der Waals surface area contributed by atoms with Crippen molar-refractivity contribution in [1.82, 2.24) is 29.9 Å². The molecule has 42 heavy (non-hydrogen) atoms. The van der Waals surface area contributed by atoms with Gasteiger partial charge in [0.1, 0.15) is 17.4 Å². The van der Waals surface area contributed by atoms with E-state index in [9.17, 15) is 14.7 Å². The van der Waals surface area contributed by atoms with Crippen molar-refractivity contribution in [1.29, 1.82) is 0 Å². The molecule has 3 atom stereocenters. The molecule has 2 amide bonds. The lowest BCUT2D eigenvalue weighted by Crippen LogP contribution is -2.37. The number of aromatic nitrogens is 4. The van der Waals surface area contributed by atoms with Crippen LogP contribution in [0.2, 0.25) is 0 Å². The first-order chi connectivity index (χ1) is 20.2. The minimum absolute atomic E-state index is 0.0968. The molecular formula is C30H36N6O5S. The smallest absolute Gasteiger partial charge is 0.272 e. The van der Waals surface area contributed by atoms with Crippen LogP contribution >= 0.6 is 11.3 Å². The molecular weight excluding hydrogens is 556 g/mol. The summed E-state index contributed by atoms with van der Waals surface area (Å²) >= 11 is 1.61. The molecule has 0 spiro atoms. The van der Waals surface area contributed by atoms with Crippen LogP contribution in [0.15, 0.2) is 46.6 Å². The summed E-state index contributed by atoms with van der Waals surface area (Å²) in [5.41, 5.74) is 5.29. The van der Waals surface area contributed by atoms with Crippen molar-refractivity contribution in [3.05, 3.63) is 70.6 Å². The molecule has 1 aromatic carbocycles. The number of amides is 2. The molecule has 0 radical (unpaired) electrons. The van der Waals surface area contributed by atoms with E-state index in [-0.39, 0.29) is 24.3 Å². The number of H-pyrrole nitrogens is 1. The van der Waals surface area contributed by atoms with E-state index in [1.165, 1.54) is 13.3 Å². The number of carbonyl (C=O) groups is 2. The Morgan fingerprint density at radius 3 is 2.64 bits per heavy atom. The number of hydrogen-bond acceptors (Lipinski definition) is 9. The molecule has 1 saturated heterocycles. The maximum absolute atomic E-state index is 13.8. The second-order valence-electron chi connectivity index (χ2n) is 10.9. The van der Waals surface area contributed by atoms with Gasteiger partial charge >= 0.3 is 0 Å². The first-order valence-corrected chi connectivity index (χ1v) is 14.9. The number of benzene rings is 1. The van der Waals surface area contributed by atoms with E-state index in [4.69, 9.17) is 9.26 Å². The number of carbonyl (C=O) groups excluding carboxylic acids is 2. The third-order valence-electron chi connectivity index (χ3n) is 7.66. The number of aryl methyl sites for hydroxylation is 1. The van der Waals surface area contributed by atoms with Crippen molar-refractivity contribution in [2.45, 2.75) is 58.7 Å². The molecule has 0 bridgehead atoms. The number of nitrogens with zero attached hydrogens (tertiary/aromatic N) is 5. The quantitative estimate of drug-likeness (QED) is 0.273. The highest BCUT2D eigenvalue weighted by atomic mass is 32.1. The molecule has 4 aromatic rings. The van der Waals surface area contributed by atoms with E-state index in [1.807, 2.05) is 45.3 Å². The van der Waals surface area contributed by atoms with Crippen LogP contribution in [0.4, 0.5) is 0 Å². The maximum Gasteiger partial charge on any atom is 0.272 e. The summed E-state index contributed by atoms with van der Waals surface area (Å²) in [6, 6.07) is 9.26. The Balaban J connectivity index is 1.31. The summed E-state index contributed by atoms with van der Waals surface area (Å²) in [5.74, 6) is 0.0395. The Bertz CT molecular complexity index is 1530. The second kappa shape index (κ2) is 12.5. The van der Waals surface area contributed by atoms with E-state index in [2.05, 4.69) is 32.2 Å². The summed E-state index contributed by atoms with van der Waals surface area (Å²) < 4.78 is 10.6. The van der Waals surface area contributed by atoms with Crippen LogP contribution in [0.25, 0.3) is 10.4 Å². The maximum atomic E-state index is 13.8. The van der Waals surface area contributed by atoms with Gasteiger partial charge in [0.05, 0.1) is 41.5 Å². The highest BCUT2D eigenvalue weighted by Gasteiger charge is 2.42. The minimum atomic E-state index is -0.718. The number of ether oxygens (including phenoxy) is 1. The van der Waals surface area contributed by atoms with Gasteiger partial charge in [-0.3, -0.25) is 9.59 Å². The number of hydrogen-bond donors (Lipinski definition) is 2. The lowest BCUT2D eigenvalue weighted by atomic mass is 9.91. The Morgan fingerprint density at radius 2 is 2.02 bits per heavy atom. The Labute approximate surface area is 248 Å². The molecule has 1 aliphatic heterocycles. The van der Waals surface area contributed by atoms with Gasteiger partial charge in [-0.05, 0) is 36.0 Å². The number of aliphatic hydroxyl groups excluding tert-OH is 1. The fraction of sp³-hybridized carbons (Fsp3) is 0.433. The number of thiazole rings is 1. The lowest BCUT2D eigenvalue weighted by molar-refractivity contribution is -0.135. The number of β-amino-alcohol motifs (C(OH)–C–C–N with tert-alkyl or cyclic N) is 1. The van der Waals surface area contributed by atoms with E-state index >= 15 is 0 Å². The fourth-order valence-corrected chi connectivity index (χ4v) is 6.23. The van der Waals surface area contributed by atoms with E-state index in [0.717, 1.165) is 21.7 Å². The largest absolute Gasteiger partial charge is 0.479 e. The zero-order chi connectivity index (χ0) is 30.0. The SMILES string of the molecule is CCN(Cc1ccc(-c2scnc2C)cc1)C(=O)c1cnc([C@@H]2C[C@@H](O)CN2C(=O)C(c2cc(OC)no2)C(C)C)[nH]1. The highest BCUT2D eigenvalue weighted by molar-refractivity contribution is 7.13. The summed E-state index contributed by atoms with van der Waals surface area (Å²) in [5, 5.41) is 14.4. The number of aliphatic hydroxyl groups is 1. The molecule has 2 N–H and O–H groups in total. The molecule has 0 saturated carbocycles. The number of nitrogens with one attached hydrogen (secondary N) is 1. The molecule has 222 valence electrons. The Morgan fingerprint density at radius 1 is 1.26 bits per heavy atom. The molecule has 0 aliphatic carbocycles. The van der Waals surface area contributed by atoms with E-state index in [1.54, 1.807) is 27.2 Å². The average molecular weight is 593 g/mol. The van der Waals surface area contributed by atoms with Crippen LogP contribution in [-0.2, 0) is 11.3 Å². The minimum Gasteiger partial charge on any atom is -0.479 e. The molecule has 1 unspecified atom stereocenters. The molecule has 12 heteroatoms. The normalized spacial score (nSPS) is 17.5. The van der Waals surface area contributed by atoms with Gasteiger partial charge < -0.3 is 29.2 Å². The number of rotatable bonds is 10. The van der Waals surface area contributed by atoms with Crippen molar-refractivity contribution in [2.75, 3.05) is 20.2 Å². The summed E-state index contributed by atoms with van der Waals surface area (Å²) in [7, 11) is 1.48. The van der Waals surface area contributed by atoms with Crippen molar-refractivity contribution in [2.24, 2.45) is 5.92 Å². The predicted octanol–water partition coefficient (Wildman–Crippen LogP) is 4.57. The van der Waals surface area contributed by atoms with Crippen molar-refractivity contribution in [3.63, 3.8) is 0 Å². The number of imidazole rings is 1. The fourth-order valence-electron chi connectivity index (χ4n) is 5.42. The van der Waals surface area contributed by atoms with Gasteiger partial charge in [0.25, 0.3) is 11.8 Å². The summed E-state index contributed by atoms with van der Waals surface area (Å²) in [4.78, 5) is 43.7. The van der Waals surface area contributed by atoms with Crippen molar-refractivity contribution < 1.29 is 24.0 Å². The van der Waals surface area contributed by atoms with Gasteiger partial charge in [-0.1, -0.05) is 38.1 Å². The standard InChI is InChI=1S/C30H36N6O5S/c1-6-35(14-19-7-9-20(10-8-19)27-18(4)32-16-42-27)29(38)22-13-31-28(33-22)23-11-21(37)15-36(23)30(39)26(17(2)3)24-12-25(40-5)34-41-24/h7-10,12-13,16-17,21,23,26,37H,6,11,14-15H2,1-5H3,(H,31,33)/t21-,23+,26?/m1/s1. The summed E-state index contributed by atoms with van der Waals surface area (Å²) in [6.45, 7) is 8.88. The van der Waals surface area contributed by atoms with E-state index in [0.29, 0.717) is 42.7 Å². The Hall–Kier alpha value is -4.03. The third kappa shape index (κ3) is 5.95. The van der Waals surface area contributed by atoms with Gasteiger partial charge in [-0.2, -0.15) is 0 Å². The Kier molecular flexibility index (Phi) is 8.74. The second-order valence-corrected chi connectivity index (χ2v) is 11.7. The van der Waals surface area contributed by atoms with Gasteiger partial charge in [0.15, 0.2) is 5.76 Å². The van der Waals surface area contributed by atoms with Crippen LogP contribution in [-0.4, -0.2) is 73.1 Å². The highest BCUT2D eigenvalue weighted by Crippen LogP contribution is 2.37. The average Bonchev–Trinajstić information content (AvgIpc) is 3.78. The predicted molar refractivity (Wildman–Crippen MR) is 157 cm³/mol. The number of methoxy groups -OCH3 is 1. The van der Waals surface area contributed by atoms with Gasteiger partial charge in [-0.15, -0.1) is 11.3 Å². The zero-order valence-corrected chi connectivity index (χ0v) is 25.2. The molecule has 3 aromatic heterocycles. The third-order valence-corrected chi connectivity index (χ3v) is 8.64. The summed E-state index contributed by atoms with van der Waals surface area (Å²) in [6.07, 6.45) is 1.09. The van der Waals surface area contributed by atoms with Crippen LogP contribution in [0, 0.1) is 12.8 Å². The molecule has 1 fully saturated rings. The first kappa shape index (κ1) is 29.5. The molecule has 5 rings (SSSR count). The van der Waals surface area contributed by atoms with Crippen LogP contribution in [0.5, 0.6) is 5.88 Å². The monoisotopic (exact) mass is 592 g/mol. The van der Waals surface area contributed by atoms with Crippen molar-refractivity contribution in [3.8, 4) is 16.3 Å². The molecule has 1 aliphatic rings. The van der Waals surface area contributed by atoms with Gasteiger partial charge in [0, 0.05) is 32.1 Å². The number of likely N-dealkylation sites (tertiary alicyclic amines) is 1. The van der Waals surface area contributed by atoms with Crippen LogP contribution in [0.3, 0.4) is 0 Å². The first-order valence-electron chi connectivity index (χ1n) is 14.0. The number of aromatic amines is 1. The zero-order valence-electron chi connectivity index (χ0n) is 24.4. The van der Waals surface area contributed by atoms with Gasteiger partial charge in [-0.25, -0.2) is 9.97 Å². The topological polar surface area (TPSA) is 138 Å². The van der Waals surface area contributed by atoms with Crippen LogP contribution in [0.1, 0.15) is 72.5 Å². The van der Waals surface area contributed by atoms with Gasteiger partial charge in [0.2, 0.25) is 5.91 Å². The van der Waals surface area contributed by atoms with Crippen LogP contribution < -0.4 is 4.74 Å². The molecule has 11 nitrogen and oxygen atoms in total. The molecule has 4 heterocycles.